The first-order valence-corrected chi connectivity index (χ1v) is 11.3. The van der Waals surface area contributed by atoms with Crippen LogP contribution in [0.4, 0.5) is 5.69 Å². The summed E-state index contributed by atoms with van der Waals surface area (Å²) >= 11 is 7.66. The topological polar surface area (TPSA) is 77.0 Å². The Bertz CT molecular complexity index is 1290. The van der Waals surface area contributed by atoms with E-state index in [0.717, 1.165) is 16.8 Å². The third kappa shape index (κ3) is 4.17. The van der Waals surface area contributed by atoms with Gasteiger partial charge in [-0.25, -0.2) is 0 Å². The van der Waals surface area contributed by atoms with Crippen molar-refractivity contribution >= 4 is 34.8 Å². The first-order chi connectivity index (χ1) is 15.7. The van der Waals surface area contributed by atoms with Crippen LogP contribution in [0.25, 0.3) is 11.3 Å². The van der Waals surface area contributed by atoms with Crippen LogP contribution in [0.15, 0.2) is 84.0 Å². The largest absolute Gasteiger partial charge is 0.444 e. The lowest BCUT2D eigenvalue weighted by molar-refractivity contribution is 0.0823. The van der Waals surface area contributed by atoms with Gasteiger partial charge in [0.2, 0.25) is 23.0 Å². The molecule has 1 aliphatic rings. The molecule has 0 saturated carbocycles. The molecule has 0 bridgehead atoms. The van der Waals surface area contributed by atoms with Crippen LogP contribution in [0.2, 0.25) is 5.02 Å². The number of Topliss-reactive ketones (excluding diaryl/α,β-unsaturated/α-hetero) is 1. The number of halogens is 1. The van der Waals surface area contributed by atoms with Gasteiger partial charge in [-0.05, 0) is 17.7 Å². The lowest BCUT2D eigenvalue weighted by atomic mass is 10.1. The number of nitrogens with zero attached hydrogens (tertiary/aromatic N) is 3. The van der Waals surface area contributed by atoms with Gasteiger partial charge in [0, 0.05) is 27.6 Å². The summed E-state index contributed by atoms with van der Waals surface area (Å²) in [6.07, 6.45) is -0.946. The lowest BCUT2D eigenvalue weighted by Gasteiger charge is -2.17. The molecule has 32 heavy (non-hydrogen) atoms. The van der Waals surface area contributed by atoms with Crippen molar-refractivity contribution in [2.75, 3.05) is 5.32 Å². The van der Waals surface area contributed by atoms with E-state index in [1.54, 1.807) is 12.1 Å². The number of rotatable bonds is 5. The molecule has 1 aromatic heterocycles. The van der Waals surface area contributed by atoms with Gasteiger partial charge in [0.05, 0.1) is 0 Å². The molecule has 0 amide bonds. The van der Waals surface area contributed by atoms with Gasteiger partial charge in [-0.15, -0.1) is 10.2 Å². The molecular weight excluding hydrogens is 444 g/mol. The molecule has 0 aliphatic carbocycles. The molecule has 158 valence electrons. The maximum Gasteiger partial charge on any atom is 0.247 e. The van der Waals surface area contributed by atoms with E-state index in [1.165, 1.54) is 11.8 Å². The molecule has 8 heteroatoms. The van der Waals surface area contributed by atoms with Crippen molar-refractivity contribution in [1.29, 1.82) is 0 Å². The fraction of sp³-hybridized carbons (Fsp3) is 0.0833. The van der Waals surface area contributed by atoms with E-state index >= 15 is 0 Å². The summed E-state index contributed by atoms with van der Waals surface area (Å²) in [4.78, 5) is 17.7. The van der Waals surface area contributed by atoms with Crippen LogP contribution in [0, 0.1) is 0 Å². The summed E-state index contributed by atoms with van der Waals surface area (Å²) in [5.74, 6) is 0.645. The monoisotopic (exact) mass is 460 g/mol. The second-order valence-corrected chi connectivity index (χ2v) is 8.40. The van der Waals surface area contributed by atoms with E-state index in [2.05, 4.69) is 20.5 Å². The zero-order valence-corrected chi connectivity index (χ0v) is 18.3. The lowest BCUT2D eigenvalue weighted by Crippen LogP contribution is -2.35. The zero-order valence-electron chi connectivity index (χ0n) is 16.7. The Kier molecular flexibility index (Phi) is 5.75. The minimum atomic E-state index is -0.946. The van der Waals surface area contributed by atoms with Crippen molar-refractivity contribution in [3.05, 3.63) is 95.0 Å². The van der Waals surface area contributed by atoms with Gasteiger partial charge in [0.25, 0.3) is 0 Å². The molecule has 0 spiro atoms. The molecule has 1 atom stereocenters. The maximum atomic E-state index is 13.1. The van der Waals surface area contributed by atoms with Gasteiger partial charge in [-0.1, -0.05) is 90.1 Å². The molecular formula is C24H17ClN4O2S. The number of fused-ring (bicyclic) bond motifs is 3. The Hall–Kier alpha value is -3.42. The minimum Gasteiger partial charge on any atom is -0.444 e. The fourth-order valence-corrected chi connectivity index (χ4v) is 4.40. The molecule has 5 rings (SSSR count). The molecule has 6 nitrogen and oxygen atoms in total. The number of ether oxygens (including phenoxy) is 1. The van der Waals surface area contributed by atoms with Gasteiger partial charge in [-0.3, -0.25) is 4.79 Å². The van der Waals surface area contributed by atoms with Crippen molar-refractivity contribution in [3.63, 3.8) is 0 Å². The molecule has 1 unspecified atom stereocenters. The third-order valence-corrected chi connectivity index (χ3v) is 6.20. The number of aromatic nitrogens is 3. The Balaban J connectivity index is 1.48. The van der Waals surface area contributed by atoms with Crippen LogP contribution >= 0.6 is 23.4 Å². The summed E-state index contributed by atoms with van der Waals surface area (Å²) in [5, 5.41) is 13.0. The Morgan fingerprint density at radius 3 is 2.56 bits per heavy atom. The van der Waals surface area contributed by atoms with Gasteiger partial charge >= 0.3 is 0 Å². The van der Waals surface area contributed by atoms with E-state index in [4.69, 9.17) is 16.3 Å². The summed E-state index contributed by atoms with van der Waals surface area (Å²) in [7, 11) is 0. The average Bonchev–Trinajstić information content (AvgIpc) is 3.00. The van der Waals surface area contributed by atoms with Crippen LogP contribution < -0.4 is 10.1 Å². The first kappa shape index (κ1) is 20.5. The number of para-hydroxylation sites is 1. The highest BCUT2D eigenvalue weighted by molar-refractivity contribution is 7.98. The fourth-order valence-electron chi connectivity index (χ4n) is 3.34. The van der Waals surface area contributed by atoms with Crippen LogP contribution in [0.1, 0.15) is 15.9 Å². The quantitative estimate of drug-likeness (QED) is 0.311. The summed E-state index contributed by atoms with van der Waals surface area (Å²) < 4.78 is 6.06. The number of anilines is 1. The van der Waals surface area contributed by atoms with E-state index in [-0.39, 0.29) is 11.7 Å². The first-order valence-electron chi connectivity index (χ1n) is 9.92. The van der Waals surface area contributed by atoms with Gasteiger partial charge in [-0.2, -0.15) is 4.98 Å². The number of nitrogens with one attached hydrogen (secondary N) is 1. The van der Waals surface area contributed by atoms with Gasteiger partial charge < -0.3 is 10.1 Å². The number of hydrogen-bond acceptors (Lipinski definition) is 7. The van der Waals surface area contributed by atoms with Crippen molar-refractivity contribution in [2.45, 2.75) is 17.1 Å². The smallest absolute Gasteiger partial charge is 0.247 e. The highest BCUT2D eigenvalue weighted by atomic mass is 35.5. The number of thioether (sulfide) groups is 1. The zero-order chi connectivity index (χ0) is 21.9. The number of benzene rings is 3. The second-order valence-electron chi connectivity index (χ2n) is 7.05. The third-order valence-electron chi connectivity index (χ3n) is 4.94. The second kappa shape index (κ2) is 8.98. The summed E-state index contributed by atoms with van der Waals surface area (Å²) in [5.41, 5.74) is 3.50. The highest BCUT2D eigenvalue weighted by Crippen LogP contribution is 2.37. The number of hydrogen-bond donors (Lipinski definition) is 1. The number of carbonyl (C=O) groups excluding carboxylic acids is 1. The summed E-state index contributed by atoms with van der Waals surface area (Å²) in [6.45, 7) is 0. The minimum absolute atomic E-state index is 0.197. The SMILES string of the molecule is O=C(c1ccccc1)C1Nc2ccccc2-c2nnc(SCc3ccccc3Cl)nc2O1. The predicted octanol–water partition coefficient (Wildman–Crippen LogP) is 5.50. The Labute approximate surface area is 194 Å². The van der Waals surface area contributed by atoms with Crippen molar-refractivity contribution < 1.29 is 9.53 Å². The standard InChI is InChI=1S/C24H17ClN4O2S/c25-18-12-6-4-10-16(18)14-32-24-27-22-20(28-29-24)17-11-5-7-13-19(17)26-23(31-22)21(30)15-8-2-1-3-9-15/h1-13,23,26H,14H2. The molecule has 0 fully saturated rings. The average molecular weight is 461 g/mol. The molecule has 1 N–H and O–H groups in total. The predicted molar refractivity (Wildman–Crippen MR) is 125 cm³/mol. The van der Waals surface area contributed by atoms with E-state index in [9.17, 15) is 4.79 Å². The van der Waals surface area contributed by atoms with E-state index < -0.39 is 6.23 Å². The van der Waals surface area contributed by atoms with Crippen molar-refractivity contribution in [2.24, 2.45) is 0 Å². The van der Waals surface area contributed by atoms with Crippen LogP contribution in [0.5, 0.6) is 5.88 Å². The molecule has 0 saturated heterocycles. The Morgan fingerprint density at radius 1 is 0.969 bits per heavy atom. The normalized spacial score (nSPS) is 14.3. The van der Waals surface area contributed by atoms with Crippen molar-refractivity contribution in [1.82, 2.24) is 15.2 Å². The number of ketones is 1. The van der Waals surface area contributed by atoms with Gasteiger partial charge in [0.15, 0.2) is 5.69 Å². The maximum absolute atomic E-state index is 13.1. The highest BCUT2D eigenvalue weighted by Gasteiger charge is 2.30. The summed E-state index contributed by atoms with van der Waals surface area (Å²) in [6, 6.07) is 24.2. The molecule has 3 aromatic carbocycles. The van der Waals surface area contributed by atoms with E-state index in [1.807, 2.05) is 66.7 Å². The van der Waals surface area contributed by atoms with Gasteiger partial charge in [0.1, 0.15) is 0 Å². The molecule has 4 aromatic rings. The van der Waals surface area contributed by atoms with Crippen LogP contribution in [-0.2, 0) is 5.75 Å². The Morgan fingerprint density at radius 2 is 1.72 bits per heavy atom. The molecule has 2 heterocycles. The van der Waals surface area contributed by atoms with E-state index in [0.29, 0.717) is 27.2 Å². The molecule has 1 aliphatic heterocycles. The van der Waals surface area contributed by atoms with Crippen molar-refractivity contribution in [3.8, 4) is 17.1 Å². The van der Waals surface area contributed by atoms with Crippen LogP contribution in [0.3, 0.4) is 0 Å². The van der Waals surface area contributed by atoms with Crippen LogP contribution in [-0.4, -0.2) is 27.2 Å². The molecule has 0 radical (unpaired) electrons. The number of carbonyl (C=O) groups is 1.